The van der Waals surface area contributed by atoms with E-state index in [0.717, 1.165) is 12.8 Å². The van der Waals surface area contributed by atoms with Gasteiger partial charge in [-0.1, -0.05) is 24.9 Å². The monoisotopic (exact) mass is 636 g/mol. The zero-order valence-corrected chi connectivity index (χ0v) is 26.5. The van der Waals surface area contributed by atoms with Crippen LogP contribution in [0.25, 0.3) is 33.3 Å². The number of rotatable bonds is 13. The van der Waals surface area contributed by atoms with Gasteiger partial charge < -0.3 is 37.6 Å². The molecular formula is C33H33ClN2O9. The van der Waals surface area contributed by atoms with E-state index in [1.807, 2.05) is 6.92 Å². The Kier molecular flexibility index (Phi) is 9.68. The van der Waals surface area contributed by atoms with Crippen LogP contribution in [0, 0.1) is 0 Å². The number of hydrogen-bond acceptors (Lipinski definition) is 11. The Morgan fingerprint density at radius 2 is 1.56 bits per heavy atom. The molecule has 1 unspecified atom stereocenters. The first-order valence-electron chi connectivity index (χ1n) is 14.1. The third-order valence-electron chi connectivity index (χ3n) is 7.05. The molecule has 0 saturated heterocycles. The summed E-state index contributed by atoms with van der Waals surface area (Å²) in [5, 5.41) is 0.714. The van der Waals surface area contributed by atoms with Gasteiger partial charge in [0.25, 0.3) is 0 Å². The van der Waals surface area contributed by atoms with Gasteiger partial charge in [0.2, 0.25) is 29.1 Å². The van der Waals surface area contributed by atoms with Crippen LogP contribution < -0.4 is 38.6 Å². The average Bonchev–Trinajstić information content (AvgIpc) is 3.06. The molecule has 0 aliphatic heterocycles. The average molecular weight is 637 g/mol. The number of halogens is 1. The molecule has 0 aliphatic carbocycles. The highest BCUT2D eigenvalue weighted by Gasteiger charge is 2.27. The molecule has 0 N–H and O–H groups in total. The van der Waals surface area contributed by atoms with Gasteiger partial charge in [-0.15, -0.1) is 0 Å². The molecule has 11 nitrogen and oxygen atoms in total. The third kappa shape index (κ3) is 6.48. The highest BCUT2D eigenvalue weighted by molar-refractivity contribution is 6.31. The summed E-state index contributed by atoms with van der Waals surface area (Å²) in [6.07, 6.45) is 2.57. The fourth-order valence-electron chi connectivity index (χ4n) is 4.83. The smallest absolute Gasteiger partial charge is 0.243 e. The SMILES string of the molecule is CCCCC(Oc1cnc2cc(Cl)ccc2n1)Oc1c(-c2cc(OC)c(OC)c(OC)c2)oc2cc(OC)cc(OC)c2c1=O. The minimum Gasteiger partial charge on any atom is -0.496 e. The van der Waals surface area contributed by atoms with Gasteiger partial charge in [-0.25, -0.2) is 9.97 Å². The van der Waals surface area contributed by atoms with Crippen molar-refractivity contribution >= 4 is 33.6 Å². The minimum atomic E-state index is -0.936. The zero-order chi connectivity index (χ0) is 32.1. The van der Waals surface area contributed by atoms with Crippen LogP contribution in [0.15, 0.2) is 57.9 Å². The lowest BCUT2D eigenvalue weighted by molar-refractivity contribution is -0.00671. The van der Waals surface area contributed by atoms with Crippen molar-refractivity contribution in [2.45, 2.75) is 32.5 Å². The molecular weight excluding hydrogens is 604 g/mol. The molecule has 12 heteroatoms. The lowest BCUT2D eigenvalue weighted by Crippen LogP contribution is -2.27. The van der Waals surface area contributed by atoms with E-state index in [9.17, 15) is 4.79 Å². The minimum absolute atomic E-state index is 0.103. The van der Waals surface area contributed by atoms with Crippen LogP contribution in [0.1, 0.15) is 26.2 Å². The predicted molar refractivity (Wildman–Crippen MR) is 170 cm³/mol. The summed E-state index contributed by atoms with van der Waals surface area (Å²) in [6, 6.07) is 11.7. The van der Waals surface area contributed by atoms with Crippen molar-refractivity contribution in [3.8, 4) is 51.7 Å². The van der Waals surface area contributed by atoms with Crippen LogP contribution in [0.2, 0.25) is 5.02 Å². The Hall–Kier alpha value is -4.90. The van der Waals surface area contributed by atoms with Crippen molar-refractivity contribution in [2.75, 3.05) is 35.5 Å². The molecule has 2 heterocycles. The fourth-order valence-corrected chi connectivity index (χ4v) is 5.00. The van der Waals surface area contributed by atoms with Crippen LogP contribution in [-0.4, -0.2) is 51.8 Å². The largest absolute Gasteiger partial charge is 0.496 e. The second-order valence-electron chi connectivity index (χ2n) is 9.86. The molecule has 3 aromatic carbocycles. The van der Waals surface area contributed by atoms with Crippen LogP contribution in [0.3, 0.4) is 0 Å². The van der Waals surface area contributed by atoms with Crippen molar-refractivity contribution in [2.24, 2.45) is 0 Å². The molecule has 0 spiro atoms. The maximum absolute atomic E-state index is 14.3. The number of methoxy groups -OCH3 is 5. The predicted octanol–water partition coefficient (Wildman–Crippen LogP) is 7.07. The Morgan fingerprint density at radius 3 is 2.20 bits per heavy atom. The molecule has 0 saturated carbocycles. The second kappa shape index (κ2) is 13.8. The van der Waals surface area contributed by atoms with Gasteiger partial charge in [-0.3, -0.25) is 4.79 Å². The van der Waals surface area contributed by atoms with E-state index in [1.54, 1.807) is 42.5 Å². The number of fused-ring (bicyclic) bond motifs is 2. The van der Waals surface area contributed by atoms with E-state index in [2.05, 4.69) is 9.97 Å². The molecule has 0 fully saturated rings. The first-order chi connectivity index (χ1) is 21.8. The highest BCUT2D eigenvalue weighted by Crippen LogP contribution is 2.44. The summed E-state index contributed by atoms with van der Waals surface area (Å²) in [6.45, 7) is 2.04. The number of ether oxygens (including phenoxy) is 7. The Bertz CT molecular complexity index is 1870. The summed E-state index contributed by atoms with van der Waals surface area (Å²) in [4.78, 5) is 23.3. The number of unbranched alkanes of at least 4 members (excludes halogenated alkanes) is 1. The zero-order valence-electron chi connectivity index (χ0n) is 25.8. The number of benzene rings is 3. The molecule has 0 bridgehead atoms. The van der Waals surface area contributed by atoms with Crippen LogP contribution in [0.5, 0.6) is 40.4 Å². The molecule has 1 atom stereocenters. The lowest BCUT2D eigenvalue weighted by Gasteiger charge is -2.22. The molecule has 0 radical (unpaired) electrons. The van der Waals surface area contributed by atoms with E-state index in [-0.39, 0.29) is 34.1 Å². The van der Waals surface area contributed by atoms with E-state index in [0.29, 0.717) is 51.0 Å². The normalized spacial score (nSPS) is 11.7. The lowest BCUT2D eigenvalue weighted by atomic mass is 10.1. The molecule has 0 aliphatic rings. The van der Waals surface area contributed by atoms with Gasteiger partial charge >= 0.3 is 0 Å². The van der Waals surface area contributed by atoms with E-state index in [1.165, 1.54) is 41.7 Å². The maximum Gasteiger partial charge on any atom is 0.243 e. The molecule has 0 amide bonds. The molecule has 2 aromatic heterocycles. The van der Waals surface area contributed by atoms with Crippen LogP contribution in [0.4, 0.5) is 0 Å². The summed E-state index contributed by atoms with van der Waals surface area (Å²) < 4.78 is 46.7. The van der Waals surface area contributed by atoms with Crippen molar-refractivity contribution in [1.82, 2.24) is 9.97 Å². The quantitative estimate of drug-likeness (QED) is 0.123. The summed E-state index contributed by atoms with van der Waals surface area (Å²) in [5.74, 6) is 1.99. The van der Waals surface area contributed by atoms with E-state index in [4.69, 9.17) is 49.2 Å². The third-order valence-corrected chi connectivity index (χ3v) is 7.29. The number of nitrogens with zero attached hydrogens (tertiary/aromatic N) is 2. The van der Waals surface area contributed by atoms with Crippen molar-refractivity contribution in [3.63, 3.8) is 0 Å². The summed E-state index contributed by atoms with van der Waals surface area (Å²) >= 11 is 6.11. The van der Waals surface area contributed by atoms with Gasteiger partial charge in [0.1, 0.15) is 22.5 Å². The fraction of sp³-hybridized carbons (Fsp3) is 0.303. The van der Waals surface area contributed by atoms with Gasteiger partial charge in [0.15, 0.2) is 17.3 Å². The van der Waals surface area contributed by atoms with Crippen LogP contribution >= 0.6 is 11.6 Å². The van der Waals surface area contributed by atoms with Gasteiger partial charge in [-0.2, -0.15) is 0 Å². The van der Waals surface area contributed by atoms with Crippen molar-refractivity contribution < 1.29 is 37.6 Å². The Labute approximate surface area is 264 Å². The standard InChI is InChI=1S/C33H33ClN2O9/c1-7-8-9-28(44-27-17-35-22-14-19(34)10-11-21(22)36-27)45-33-30(37)29-23(39-3)15-20(38-2)16-24(29)43-31(33)18-12-25(40-4)32(42-6)26(13-18)41-5/h10-17,28H,7-9H2,1-6H3. The van der Waals surface area contributed by atoms with Gasteiger partial charge in [0.05, 0.1) is 52.8 Å². The van der Waals surface area contributed by atoms with E-state index >= 15 is 0 Å². The Balaban J connectivity index is 1.69. The van der Waals surface area contributed by atoms with Crippen molar-refractivity contribution in [3.05, 3.63) is 63.9 Å². The Morgan fingerprint density at radius 1 is 0.822 bits per heavy atom. The van der Waals surface area contributed by atoms with Gasteiger partial charge in [0, 0.05) is 29.1 Å². The van der Waals surface area contributed by atoms with Crippen molar-refractivity contribution in [1.29, 1.82) is 0 Å². The first-order valence-corrected chi connectivity index (χ1v) is 14.5. The second-order valence-corrected chi connectivity index (χ2v) is 10.3. The van der Waals surface area contributed by atoms with E-state index < -0.39 is 11.7 Å². The highest BCUT2D eigenvalue weighted by atomic mass is 35.5. The maximum atomic E-state index is 14.3. The number of hydrogen-bond donors (Lipinski definition) is 0. The molecule has 236 valence electrons. The van der Waals surface area contributed by atoms with Gasteiger partial charge in [-0.05, 0) is 36.8 Å². The summed E-state index contributed by atoms with van der Waals surface area (Å²) in [7, 11) is 7.47. The van der Waals surface area contributed by atoms with Crippen LogP contribution in [-0.2, 0) is 0 Å². The molecule has 5 aromatic rings. The summed E-state index contributed by atoms with van der Waals surface area (Å²) in [5.41, 5.74) is 1.37. The molecule has 45 heavy (non-hydrogen) atoms. The topological polar surface area (TPSA) is 121 Å². The molecule has 5 rings (SSSR count). The number of aromatic nitrogens is 2. The first kappa shape index (κ1) is 31.5.